The highest BCUT2D eigenvalue weighted by Gasteiger charge is 2.41. The largest absolute Gasteiger partial charge is 0.390 e. The lowest BCUT2D eigenvalue weighted by atomic mass is 9.64. The molecule has 0 aliphatic heterocycles. The minimum Gasteiger partial charge on any atom is -0.390 e. The van der Waals surface area contributed by atoms with Crippen LogP contribution in [0.5, 0.6) is 0 Å². The predicted octanol–water partition coefficient (Wildman–Crippen LogP) is 4.71. The summed E-state index contributed by atoms with van der Waals surface area (Å²) in [4.78, 5) is 0. The second-order valence-corrected chi connectivity index (χ2v) is 7.86. The monoisotopic (exact) mass is 328 g/mol. The Morgan fingerprint density at radius 3 is 2.63 bits per heavy atom. The van der Waals surface area contributed by atoms with Gasteiger partial charge in [0.1, 0.15) is 5.82 Å². The number of hydrogen-bond donors (Lipinski definition) is 1. The molecule has 2 unspecified atom stereocenters. The Morgan fingerprint density at radius 1 is 1.37 bits per heavy atom. The van der Waals surface area contributed by atoms with Crippen molar-refractivity contribution in [2.75, 3.05) is 0 Å². The van der Waals surface area contributed by atoms with Crippen molar-refractivity contribution in [2.24, 2.45) is 11.3 Å². The zero-order chi connectivity index (χ0) is 14.3. The third kappa shape index (κ3) is 3.79. The molecule has 0 spiro atoms. The van der Waals surface area contributed by atoms with E-state index in [0.29, 0.717) is 16.8 Å². The number of rotatable bonds is 2. The fourth-order valence-electron chi connectivity index (χ4n) is 3.86. The summed E-state index contributed by atoms with van der Waals surface area (Å²) in [5.41, 5.74) is 0.489. The molecule has 0 heterocycles. The van der Waals surface area contributed by atoms with E-state index in [9.17, 15) is 9.50 Å². The highest BCUT2D eigenvalue weighted by atomic mass is 79.9. The Labute approximate surface area is 123 Å². The Kier molecular flexibility index (Phi) is 4.08. The average Bonchev–Trinajstić information content (AvgIpc) is 2.19. The molecular formula is C16H22BrFO. The van der Waals surface area contributed by atoms with Crippen molar-refractivity contribution in [1.29, 1.82) is 0 Å². The maximum Gasteiger partial charge on any atom is 0.137 e. The molecule has 0 radical (unpaired) electrons. The normalized spacial score (nSPS) is 30.3. The van der Waals surface area contributed by atoms with E-state index in [2.05, 4.69) is 36.7 Å². The van der Waals surface area contributed by atoms with Crippen molar-refractivity contribution in [1.82, 2.24) is 0 Å². The maximum atomic E-state index is 13.2. The van der Waals surface area contributed by atoms with Crippen LogP contribution >= 0.6 is 15.9 Å². The average molecular weight is 329 g/mol. The van der Waals surface area contributed by atoms with E-state index in [-0.39, 0.29) is 11.2 Å². The molecule has 1 aliphatic carbocycles. The van der Waals surface area contributed by atoms with Gasteiger partial charge in [-0.2, -0.15) is 0 Å². The van der Waals surface area contributed by atoms with Crippen LogP contribution in [0, 0.1) is 17.2 Å². The molecule has 1 nitrogen and oxygen atoms in total. The fourth-order valence-corrected chi connectivity index (χ4v) is 4.29. The van der Waals surface area contributed by atoms with Gasteiger partial charge in [-0.3, -0.25) is 0 Å². The zero-order valence-electron chi connectivity index (χ0n) is 11.8. The molecule has 1 fully saturated rings. The van der Waals surface area contributed by atoms with Gasteiger partial charge in [0.2, 0.25) is 0 Å². The third-order valence-electron chi connectivity index (χ3n) is 3.95. The summed E-state index contributed by atoms with van der Waals surface area (Å²) in [6, 6.07) is 5.00. The van der Waals surface area contributed by atoms with E-state index in [1.165, 1.54) is 6.07 Å². The molecule has 19 heavy (non-hydrogen) atoms. The van der Waals surface area contributed by atoms with Crippen LogP contribution in [0.25, 0.3) is 0 Å². The first-order chi connectivity index (χ1) is 8.69. The Balaban J connectivity index is 2.18. The number of benzene rings is 1. The summed E-state index contributed by atoms with van der Waals surface area (Å²) < 4.78 is 13.7. The zero-order valence-corrected chi connectivity index (χ0v) is 13.4. The second-order valence-electron chi connectivity index (χ2n) is 7.00. The van der Waals surface area contributed by atoms with E-state index in [1.807, 2.05) is 0 Å². The lowest BCUT2D eigenvalue weighted by Gasteiger charge is -2.44. The van der Waals surface area contributed by atoms with Gasteiger partial charge in [-0.15, -0.1) is 0 Å². The van der Waals surface area contributed by atoms with Crippen LogP contribution in [0.15, 0.2) is 22.7 Å². The standard InChI is InChI=1S/C16H22BrFO/c1-11-7-15(2,3)10-16(19,8-11)9-12-4-5-14(18)13(17)6-12/h4-6,11,19H,7-10H2,1-3H3. The van der Waals surface area contributed by atoms with Gasteiger partial charge in [-0.05, 0) is 64.2 Å². The van der Waals surface area contributed by atoms with Gasteiger partial charge in [0.05, 0.1) is 10.1 Å². The number of halogens is 2. The molecule has 1 N–H and O–H groups in total. The molecule has 106 valence electrons. The first-order valence-electron chi connectivity index (χ1n) is 6.85. The second kappa shape index (κ2) is 5.17. The van der Waals surface area contributed by atoms with Crippen LogP contribution in [0.1, 0.15) is 45.6 Å². The van der Waals surface area contributed by atoms with Gasteiger partial charge < -0.3 is 5.11 Å². The SMILES string of the molecule is CC1CC(C)(C)CC(O)(Cc2ccc(F)c(Br)c2)C1. The fraction of sp³-hybridized carbons (Fsp3) is 0.625. The Bertz CT molecular complexity index is 472. The molecule has 1 saturated carbocycles. The molecule has 3 heteroatoms. The first-order valence-corrected chi connectivity index (χ1v) is 7.65. The molecule has 0 saturated heterocycles. The van der Waals surface area contributed by atoms with Crippen molar-refractivity contribution in [3.8, 4) is 0 Å². The Hall–Kier alpha value is -0.410. The summed E-state index contributed by atoms with van der Waals surface area (Å²) >= 11 is 3.21. The van der Waals surface area contributed by atoms with Crippen molar-refractivity contribution in [2.45, 2.75) is 52.1 Å². The van der Waals surface area contributed by atoms with Gasteiger partial charge in [0.15, 0.2) is 0 Å². The first kappa shape index (κ1) is 15.0. The van der Waals surface area contributed by atoms with E-state index >= 15 is 0 Å². The van der Waals surface area contributed by atoms with Gasteiger partial charge in [0, 0.05) is 6.42 Å². The van der Waals surface area contributed by atoms with Crippen LogP contribution in [-0.2, 0) is 6.42 Å². The minimum atomic E-state index is -0.668. The van der Waals surface area contributed by atoms with E-state index < -0.39 is 5.60 Å². The lowest BCUT2D eigenvalue weighted by molar-refractivity contribution is -0.0574. The van der Waals surface area contributed by atoms with Crippen LogP contribution in [0.4, 0.5) is 4.39 Å². The van der Waals surface area contributed by atoms with Crippen molar-refractivity contribution in [3.63, 3.8) is 0 Å². The van der Waals surface area contributed by atoms with Crippen molar-refractivity contribution < 1.29 is 9.50 Å². The van der Waals surface area contributed by atoms with Crippen LogP contribution < -0.4 is 0 Å². The van der Waals surface area contributed by atoms with Crippen molar-refractivity contribution >= 4 is 15.9 Å². The number of hydrogen-bond acceptors (Lipinski definition) is 1. The van der Waals surface area contributed by atoms with Gasteiger partial charge in [-0.25, -0.2) is 4.39 Å². The predicted molar refractivity (Wildman–Crippen MR) is 79.5 cm³/mol. The van der Waals surface area contributed by atoms with Gasteiger partial charge in [0.25, 0.3) is 0 Å². The Morgan fingerprint density at radius 2 is 2.05 bits per heavy atom. The number of aliphatic hydroxyl groups is 1. The molecule has 0 amide bonds. The highest BCUT2D eigenvalue weighted by molar-refractivity contribution is 9.10. The topological polar surface area (TPSA) is 20.2 Å². The molecule has 1 aromatic rings. The molecule has 0 aromatic heterocycles. The molecule has 1 aromatic carbocycles. The molecular weight excluding hydrogens is 307 g/mol. The van der Waals surface area contributed by atoms with Crippen LogP contribution in [-0.4, -0.2) is 10.7 Å². The van der Waals surface area contributed by atoms with Crippen LogP contribution in [0.2, 0.25) is 0 Å². The summed E-state index contributed by atoms with van der Waals surface area (Å²) in [6.07, 6.45) is 3.38. The minimum absolute atomic E-state index is 0.170. The lowest BCUT2D eigenvalue weighted by Crippen LogP contribution is -2.43. The molecule has 1 aliphatic rings. The van der Waals surface area contributed by atoms with Gasteiger partial charge in [-0.1, -0.05) is 26.8 Å². The summed E-state index contributed by atoms with van der Waals surface area (Å²) in [6.45, 7) is 6.63. The summed E-state index contributed by atoms with van der Waals surface area (Å²) in [7, 11) is 0. The maximum absolute atomic E-state index is 13.2. The molecule has 2 atom stereocenters. The van der Waals surface area contributed by atoms with E-state index in [1.54, 1.807) is 12.1 Å². The quantitative estimate of drug-likeness (QED) is 0.833. The summed E-state index contributed by atoms with van der Waals surface area (Å²) in [5.74, 6) is 0.269. The van der Waals surface area contributed by atoms with Crippen LogP contribution in [0.3, 0.4) is 0 Å². The molecule has 2 rings (SSSR count). The smallest absolute Gasteiger partial charge is 0.137 e. The highest BCUT2D eigenvalue weighted by Crippen LogP contribution is 2.45. The van der Waals surface area contributed by atoms with E-state index in [0.717, 1.165) is 24.8 Å². The van der Waals surface area contributed by atoms with E-state index in [4.69, 9.17) is 0 Å². The van der Waals surface area contributed by atoms with Gasteiger partial charge >= 0.3 is 0 Å². The summed E-state index contributed by atoms with van der Waals surface area (Å²) in [5, 5.41) is 10.9. The van der Waals surface area contributed by atoms with Crippen molar-refractivity contribution in [3.05, 3.63) is 34.1 Å². The third-order valence-corrected chi connectivity index (χ3v) is 4.56. The molecule has 0 bridgehead atoms.